The van der Waals surface area contributed by atoms with Crippen LogP contribution in [0.15, 0.2) is 47.4 Å². The smallest absolute Gasteiger partial charge is 0.351 e. The predicted molar refractivity (Wildman–Crippen MR) is 143 cm³/mol. The first-order valence-electron chi connectivity index (χ1n) is 12.6. The Kier molecular flexibility index (Phi) is 7.31. The number of anilines is 1. The van der Waals surface area contributed by atoms with Gasteiger partial charge >= 0.3 is 6.18 Å². The number of rotatable bonds is 4. The Morgan fingerprint density at radius 3 is 2.58 bits per heavy atom. The molecule has 2 aromatic carbocycles. The fourth-order valence-corrected chi connectivity index (χ4v) is 5.41. The van der Waals surface area contributed by atoms with Crippen LogP contribution in [0, 0.1) is 0 Å². The minimum Gasteiger partial charge on any atom is -0.351 e. The average molecular weight is 577 g/mol. The van der Waals surface area contributed by atoms with Crippen molar-refractivity contribution in [1.29, 1.82) is 0 Å². The molecule has 0 unspecified atom stereocenters. The molecule has 2 amide bonds. The van der Waals surface area contributed by atoms with E-state index in [0.717, 1.165) is 42.1 Å². The second-order valence-electron chi connectivity index (χ2n) is 9.68. The average Bonchev–Trinajstić information content (AvgIpc) is 3.39. The number of fused-ring (bicyclic) bond motifs is 4. The highest BCUT2D eigenvalue weighted by atomic mass is 32.2. The number of alkyl halides is 3. The molecule has 3 N–H and O–H groups in total. The van der Waals surface area contributed by atoms with Gasteiger partial charge in [-0.15, -0.1) is 0 Å². The van der Waals surface area contributed by atoms with E-state index in [0.29, 0.717) is 24.3 Å². The Balaban J connectivity index is 1.51. The summed E-state index contributed by atoms with van der Waals surface area (Å²) < 4.78 is 66.8. The van der Waals surface area contributed by atoms with Crippen LogP contribution in [0.1, 0.15) is 33.7 Å². The lowest BCUT2D eigenvalue weighted by Crippen LogP contribution is -2.27. The van der Waals surface area contributed by atoms with Crippen molar-refractivity contribution >= 4 is 49.5 Å². The molecule has 1 aliphatic heterocycles. The molecular weight excluding hydrogens is 549 g/mol. The van der Waals surface area contributed by atoms with Gasteiger partial charge in [0.05, 0.1) is 15.9 Å². The number of sulfone groups is 1. The van der Waals surface area contributed by atoms with E-state index in [1.54, 1.807) is 18.2 Å². The summed E-state index contributed by atoms with van der Waals surface area (Å²) in [6, 6.07) is 10.1. The first kappa shape index (κ1) is 27.6. The van der Waals surface area contributed by atoms with Crippen LogP contribution in [0.2, 0.25) is 0 Å². The van der Waals surface area contributed by atoms with Gasteiger partial charge in [-0.1, -0.05) is 6.07 Å². The van der Waals surface area contributed by atoms with Crippen LogP contribution >= 0.6 is 0 Å². The summed E-state index contributed by atoms with van der Waals surface area (Å²) in [4.78, 5) is 30.1. The van der Waals surface area contributed by atoms with Gasteiger partial charge in [-0.3, -0.25) is 14.9 Å². The maximum absolute atomic E-state index is 13.4. The van der Waals surface area contributed by atoms with Crippen molar-refractivity contribution in [3.05, 3.63) is 53.7 Å². The second-order valence-corrected chi connectivity index (χ2v) is 11.7. The molecule has 0 saturated heterocycles. The van der Waals surface area contributed by atoms with E-state index in [4.69, 9.17) is 0 Å². The normalized spacial score (nSPS) is 15.4. The number of aryl methyl sites for hydroxylation is 1. The number of halogens is 3. The molecule has 5 rings (SSSR count). The highest BCUT2D eigenvalue weighted by Crippen LogP contribution is 2.29. The number of hydrogen-bond acceptors (Lipinski definition) is 6. The summed E-state index contributed by atoms with van der Waals surface area (Å²) >= 11 is 0. The van der Waals surface area contributed by atoms with Gasteiger partial charge in [0.2, 0.25) is 5.95 Å². The Morgan fingerprint density at radius 2 is 1.82 bits per heavy atom. The predicted octanol–water partition coefficient (Wildman–Crippen LogP) is 3.32. The van der Waals surface area contributed by atoms with E-state index in [9.17, 15) is 31.2 Å². The SMILES string of the molecule is CS(=O)(=O)c1ccc2c(c1)nc(NC(=O)c1ccc3cc4n(c3c1)CCCNCCCNC4=O)n2CC(F)(F)F. The van der Waals surface area contributed by atoms with Gasteiger partial charge in [-0.2, -0.15) is 13.2 Å². The molecule has 0 atom stereocenters. The molecule has 0 fully saturated rings. The molecule has 1 aliphatic rings. The molecule has 2 aromatic heterocycles. The largest absolute Gasteiger partial charge is 0.406 e. The number of hydrogen-bond donors (Lipinski definition) is 3. The van der Waals surface area contributed by atoms with Gasteiger partial charge in [0.25, 0.3) is 11.8 Å². The molecule has 0 aliphatic carbocycles. The van der Waals surface area contributed by atoms with Crippen molar-refractivity contribution in [3.63, 3.8) is 0 Å². The monoisotopic (exact) mass is 576 g/mol. The zero-order valence-corrected chi connectivity index (χ0v) is 22.3. The molecule has 4 aromatic rings. The minimum absolute atomic E-state index is 0.00609. The zero-order valence-electron chi connectivity index (χ0n) is 21.5. The van der Waals surface area contributed by atoms with Gasteiger partial charge < -0.3 is 19.8 Å². The summed E-state index contributed by atoms with van der Waals surface area (Å²) in [5.74, 6) is -1.30. The van der Waals surface area contributed by atoms with Crippen LogP contribution in [-0.2, 0) is 22.9 Å². The summed E-state index contributed by atoms with van der Waals surface area (Å²) in [7, 11) is -3.63. The van der Waals surface area contributed by atoms with E-state index < -0.39 is 28.5 Å². The van der Waals surface area contributed by atoms with E-state index in [-0.39, 0.29) is 33.3 Å². The number of imidazole rings is 1. The summed E-state index contributed by atoms with van der Waals surface area (Å²) in [5.41, 5.74) is 1.27. The Morgan fingerprint density at radius 1 is 1.05 bits per heavy atom. The van der Waals surface area contributed by atoms with Crippen molar-refractivity contribution in [3.8, 4) is 0 Å². The number of carbonyl (C=O) groups excluding carboxylic acids is 2. The topological polar surface area (TPSA) is 127 Å². The molecule has 0 radical (unpaired) electrons. The molecule has 10 nitrogen and oxygen atoms in total. The van der Waals surface area contributed by atoms with Crippen LogP contribution in [-0.4, -0.2) is 66.4 Å². The van der Waals surface area contributed by atoms with Crippen molar-refractivity contribution in [2.75, 3.05) is 31.2 Å². The van der Waals surface area contributed by atoms with E-state index in [1.807, 2.05) is 4.57 Å². The second kappa shape index (κ2) is 10.6. The number of aromatic nitrogens is 3. The first-order chi connectivity index (χ1) is 18.9. The van der Waals surface area contributed by atoms with Crippen molar-refractivity contribution in [2.45, 2.75) is 37.0 Å². The number of amides is 2. The number of nitrogens with one attached hydrogen (secondary N) is 3. The van der Waals surface area contributed by atoms with Gasteiger partial charge in [0.1, 0.15) is 12.2 Å². The molecule has 0 spiro atoms. The van der Waals surface area contributed by atoms with E-state index in [1.165, 1.54) is 24.3 Å². The van der Waals surface area contributed by atoms with Crippen molar-refractivity contribution < 1.29 is 31.2 Å². The Bertz CT molecular complexity index is 1730. The van der Waals surface area contributed by atoms with Crippen LogP contribution in [0.3, 0.4) is 0 Å². The van der Waals surface area contributed by atoms with Crippen molar-refractivity contribution in [1.82, 2.24) is 24.8 Å². The van der Waals surface area contributed by atoms with Gasteiger partial charge in [-0.05, 0) is 62.3 Å². The molecule has 14 heteroatoms. The van der Waals surface area contributed by atoms with Gasteiger partial charge in [0.15, 0.2) is 9.84 Å². The fraction of sp³-hybridized carbons (Fsp3) is 0.346. The van der Waals surface area contributed by atoms with E-state index >= 15 is 0 Å². The molecule has 3 heterocycles. The fourth-order valence-electron chi connectivity index (χ4n) is 4.77. The Labute approximate surface area is 227 Å². The summed E-state index contributed by atoms with van der Waals surface area (Å²) in [5, 5.41) is 9.41. The lowest BCUT2D eigenvalue weighted by Gasteiger charge is -2.13. The molecule has 0 saturated carbocycles. The highest BCUT2D eigenvalue weighted by molar-refractivity contribution is 7.90. The third-order valence-electron chi connectivity index (χ3n) is 6.66. The van der Waals surface area contributed by atoms with Crippen LogP contribution in [0.4, 0.5) is 19.1 Å². The highest BCUT2D eigenvalue weighted by Gasteiger charge is 2.31. The molecular formula is C26H27F3N6O4S. The van der Waals surface area contributed by atoms with Crippen LogP contribution in [0.25, 0.3) is 21.9 Å². The number of benzene rings is 2. The third kappa shape index (κ3) is 5.82. The number of carbonyl (C=O) groups is 2. The number of nitrogens with zero attached hydrogens (tertiary/aromatic N) is 3. The van der Waals surface area contributed by atoms with Crippen molar-refractivity contribution in [2.24, 2.45) is 0 Å². The maximum atomic E-state index is 13.4. The summed E-state index contributed by atoms with van der Waals surface area (Å²) in [6.45, 7) is 1.14. The van der Waals surface area contributed by atoms with Gasteiger partial charge in [0, 0.05) is 35.8 Å². The summed E-state index contributed by atoms with van der Waals surface area (Å²) in [6.07, 6.45) is -2.10. The maximum Gasteiger partial charge on any atom is 0.406 e. The van der Waals surface area contributed by atoms with E-state index in [2.05, 4.69) is 20.9 Å². The quantitative estimate of drug-likeness (QED) is 0.342. The Hall–Kier alpha value is -3.91. The van der Waals surface area contributed by atoms with Crippen LogP contribution in [0.5, 0.6) is 0 Å². The van der Waals surface area contributed by atoms with Crippen LogP contribution < -0.4 is 16.0 Å². The standard InChI is InChI=1S/C26H27F3N6O4S/c1-40(38,39)18-6-7-20-19(14-18)32-25(35(20)15-26(27,28)29)33-23(36)17-5-4-16-12-22-24(37)31-10-2-8-30-9-3-11-34(22)21(16)13-17/h4-7,12-14,30H,2-3,8-11,15H2,1H3,(H,31,37)(H,32,33,36). The molecule has 0 bridgehead atoms. The lowest BCUT2D eigenvalue weighted by atomic mass is 10.1. The lowest BCUT2D eigenvalue weighted by molar-refractivity contribution is -0.139. The zero-order chi connectivity index (χ0) is 28.7. The third-order valence-corrected chi connectivity index (χ3v) is 7.77. The first-order valence-corrected chi connectivity index (χ1v) is 14.5. The van der Waals surface area contributed by atoms with Gasteiger partial charge in [-0.25, -0.2) is 13.4 Å². The minimum atomic E-state index is -4.63. The molecule has 212 valence electrons. The molecule has 40 heavy (non-hydrogen) atoms.